The van der Waals surface area contributed by atoms with Gasteiger partial charge in [0.1, 0.15) is 0 Å². The second-order valence-electron chi connectivity index (χ2n) is 3.71. The van der Waals surface area contributed by atoms with Crippen LogP contribution in [0.3, 0.4) is 0 Å². The summed E-state index contributed by atoms with van der Waals surface area (Å²) in [5.74, 6) is 0.328. The maximum atomic E-state index is 12.0. The largest absolute Gasteiger partial charge is 0.334 e. The summed E-state index contributed by atoms with van der Waals surface area (Å²) in [6.07, 6.45) is 2.95. The van der Waals surface area contributed by atoms with Gasteiger partial charge in [0, 0.05) is 30.3 Å². The summed E-state index contributed by atoms with van der Waals surface area (Å²) in [5.41, 5.74) is 0. The fourth-order valence-corrected chi connectivity index (χ4v) is 3.75. The molecule has 1 N–H and O–H groups in total. The highest BCUT2D eigenvalue weighted by Gasteiger charge is 2.36. The van der Waals surface area contributed by atoms with Crippen LogP contribution in [0.25, 0.3) is 0 Å². The van der Waals surface area contributed by atoms with E-state index in [0.29, 0.717) is 19.0 Å². The van der Waals surface area contributed by atoms with Crippen LogP contribution in [-0.2, 0) is 10.0 Å². The van der Waals surface area contributed by atoms with E-state index in [9.17, 15) is 8.42 Å². The van der Waals surface area contributed by atoms with Crippen LogP contribution in [0.1, 0.15) is 6.92 Å². The number of H-pyrrole nitrogens is 1. The van der Waals surface area contributed by atoms with E-state index in [1.54, 1.807) is 0 Å². The predicted molar refractivity (Wildman–Crippen MR) is 59.2 cm³/mol. The summed E-state index contributed by atoms with van der Waals surface area (Å²) >= 11 is 3.46. The molecule has 2 rings (SSSR count). The molecule has 0 bridgehead atoms. The van der Waals surface area contributed by atoms with Crippen molar-refractivity contribution in [1.29, 1.82) is 0 Å². The van der Waals surface area contributed by atoms with Gasteiger partial charge in [-0.1, -0.05) is 22.9 Å². The van der Waals surface area contributed by atoms with Gasteiger partial charge in [-0.15, -0.1) is 0 Å². The van der Waals surface area contributed by atoms with Gasteiger partial charge < -0.3 is 4.98 Å². The summed E-state index contributed by atoms with van der Waals surface area (Å²) in [6.45, 7) is 3.07. The first kappa shape index (κ1) is 11.1. The lowest BCUT2D eigenvalue weighted by Crippen LogP contribution is -2.30. The molecule has 2 atom stereocenters. The number of imidazole rings is 1. The molecule has 1 aromatic heterocycles. The van der Waals surface area contributed by atoms with Gasteiger partial charge in [-0.2, -0.15) is 4.31 Å². The van der Waals surface area contributed by atoms with Crippen molar-refractivity contribution < 1.29 is 8.42 Å². The van der Waals surface area contributed by atoms with E-state index < -0.39 is 10.0 Å². The zero-order chi connectivity index (χ0) is 11.1. The van der Waals surface area contributed by atoms with E-state index in [2.05, 4.69) is 25.9 Å². The van der Waals surface area contributed by atoms with Crippen LogP contribution in [0.2, 0.25) is 0 Å². The molecule has 2 heterocycles. The topological polar surface area (TPSA) is 66.1 Å². The van der Waals surface area contributed by atoms with Crippen LogP contribution in [0.15, 0.2) is 17.6 Å². The van der Waals surface area contributed by atoms with Crippen molar-refractivity contribution in [2.24, 2.45) is 5.92 Å². The molecule has 1 fully saturated rings. The smallest absolute Gasteiger partial charge is 0.276 e. The number of halogens is 1. The molecule has 1 aliphatic heterocycles. The number of rotatable bonds is 2. The minimum atomic E-state index is -3.42. The summed E-state index contributed by atoms with van der Waals surface area (Å²) in [4.78, 5) is 6.63. The number of nitrogens with one attached hydrogen (secondary N) is 1. The van der Waals surface area contributed by atoms with Crippen molar-refractivity contribution in [2.75, 3.05) is 13.1 Å². The van der Waals surface area contributed by atoms with Crippen molar-refractivity contribution in [3.05, 3.63) is 12.4 Å². The van der Waals surface area contributed by atoms with Gasteiger partial charge >= 0.3 is 0 Å². The quantitative estimate of drug-likeness (QED) is 0.821. The number of aromatic amines is 1. The van der Waals surface area contributed by atoms with Gasteiger partial charge in [-0.05, 0) is 5.92 Å². The minimum absolute atomic E-state index is 0.0244. The van der Waals surface area contributed by atoms with Gasteiger partial charge in [-0.3, -0.25) is 0 Å². The Morgan fingerprint density at radius 3 is 2.80 bits per heavy atom. The fraction of sp³-hybridized carbons (Fsp3) is 0.625. The van der Waals surface area contributed by atoms with Gasteiger partial charge in [-0.25, -0.2) is 13.4 Å². The number of aromatic nitrogens is 2. The third-order valence-electron chi connectivity index (χ3n) is 2.54. The van der Waals surface area contributed by atoms with Gasteiger partial charge in [0.2, 0.25) is 5.16 Å². The molecule has 0 aromatic carbocycles. The summed E-state index contributed by atoms with van der Waals surface area (Å²) in [6, 6.07) is 0. The Bertz CT molecular complexity index is 421. The molecule has 0 radical (unpaired) electrons. The minimum Gasteiger partial charge on any atom is -0.334 e. The average molecular weight is 294 g/mol. The molecule has 7 heteroatoms. The maximum Gasteiger partial charge on any atom is 0.276 e. The molecule has 0 amide bonds. The zero-order valence-corrected chi connectivity index (χ0v) is 10.6. The molecule has 84 valence electrons. The molecule has 0 aliphatic carbocycles. The molecule has 1 aromatic rings. The molecular weight excluding hydrogens is 282 g/mol. The highest BCUT2D eigenvalue weighted by Crippen LogP contribution is 2.27. The summed E-state index contributed by atoms with van der Waals surface area (Å²) < 4.78 is 25.5. The molecule has 15 heavy (non-hydrogen) atoms. The van der Waals surface area contributed by atoms with E-state index >= 15 is 0 Å². The first-order valence-corrected chi connectivity index (χ1v) is 7.01. The second kappa shape index (κ2) is 3.88. The van der Waals surface area contributed by atoms with Crippen LogP contribution in [0, 0.1) is 5.92 Å². The van der Waals surface area contributed by atoms with E-state index in [-0.39, 0.29) is 9.98 Å². The Labute approximate surface area is 97.1 Å². The Morgan fingerprint density at radius 2 is 2.33 bits per heavy atom. The number of alkyl halides is 1. The van der Waals surface area contributed by atoms with Gasteiger partial charge in [0.05, 0.1) is 0 Å². The third kappa shape index (κ3) is 1.95. The normalized spacial score (nSPS) is 28.4. The van der Waals surface area contributed by atoms with E-state index in [4.69, 9.17) is 0 Å². The van der Waals surface area contributed by atoms with E-state index in [0.717, 1.165) is 0 Å². The summed E-state index contributed by atoms with van der Waals surface area (Å²) in [5, 5.41) is 0.0244. The van der Waals surface area contributed by atoms with Crippen LogP contribution >= 0.6 is 15.9 Å². The molecular formula is C8H12BrN3O2S. The zero-order valence-electron chi connectivity index (χ0n) is 8.22. The van der Waals surface area contributed by atoms with E-state index in [1.165, 1.54) is 16.7 Å². The van der Waals surface area contributed by atoms with Crippen molar-refractivity contribution in [3.8, 4) is 0 Å². The number of hydrogen-bond acceptors (Lipinski definition) is 3. The Kier molecular flexibility index (Phi) is 2.87. The lowest BCUT2D eigenvalue weighted by atomic mass is 10.2. The van der Waals surface area contributed by atoms with Crippen LogP contribution in [0.5, 0.6) is 0 Å². The monoisotopic (exact) mass is 293 g/mol. The highest BCUT2D eigenvalue weighted by atomic mass is 79.9. The molecule has 5 nitrogen and oxygen atoms in total. The molecule has 2 unspecified atom stereocenters. The van der Waals surface area contributed by atoms with E-state index in [1.807, 2.05) is 6.92 Å². The predicted octanol–water partition coefficient (Wildman–Crippen LogP) is 0.814. The summed E-state index contributed by atoms with van der Waals surface area (Å²) in [7, 11) is -3.42. The van der Waals surface area contributed by atoms with Crippen molar-refractivity contribution >= 4 is 26.0 Å². The fourth-order valence-electron chi connectivity index (χ4n) is 1.59. The molecule has 1 saturated heterocycles. The molecule has 1 aliphatic rings. The lowest BCUT2D eigenvalue weighted by molar-refractivity contribution is 0.459. The first-order valence-electron chi connectivity index (χ1n) is 4.65. The SMILES string of the molecule is CC1CN(S(=O)(=O)c2ncc[nH]2)CC1Br. The van der Waals surface area contributed by atoms with Crippen molar-refractivity contribution in [3.63, 3.8) is 0 Å². The Hall–Kier alpha value is -0.400. The maximum absolute atomic E-state index is 12.0. The van der Waals surface area contributed by atoms with Crippen LogP contribution in [0.4, 0.5) is 0 Å². The Morgan fingerprint density at radius 1 is 1.60 bits per heavy atom. The average Bonchev–Trinajstić information content (AvgIpc) is 2.77. The highest BCUT2D eigenvalue weighted by molar-refractivity contribution is 9.09. The lowest BCUT2D eigenvalue weighted by Gasteiger charge is -2.13. The van der Waals surface area contributed by atoms with Crippen molar-refractivity contribution in [2.45, 2.75) is 16.9 Å². The number of sulfonamides is 1. The molecule has 0 spiro atoms. The van der Waals surface area contributed by atoms with Crippen molar-refractivity contribution in [1.82, 2.24) is 14.3 Å². The van der Waals surface area contributed by atoms with Gasteiger partial charge in [0.15, 0.2) is 0 Å². The molecule has 0 saturated carbocycles. The van der Waals surface area contributed by atoms with Gasteiger partial charge in [0.25, 0.3) is 10.0 Å². The standard InChI is InChI=1S/C8H12BrN3O2S/c1-6-4-12(5-7(6)9)15(13,14)8-10-2-3-11-8/h2-3,6-7H,4-5H2,1H3,(H,10,11). The van der Waals surface area contributed by atoms with Crippen LogP contribution in [-0.4, -0.2) is 40.6 Å². The third-order valence-corrected chi connectivity index (χ3v) is 5.43. The number of nitrogens with zero attached hydrogens (tertiary/aromatic N) is 2. The van der Waals surface area contributed by atoms with Crippen LogP contribution < -0.4 is 0 Å². The second-order valence-corrected chi connectivity index (χ2v) is 6.74. The number of hydrogen-bond donors (Lipinski definition) is 1. The Balaban J connectivity index is 2.25. The first-order chi connectivity index (χ1) is 7.01.